The lowest BCUT2D eigenvalue weighted by atomic mass is 10.0. The first-order chi connectivity index (χ1) is 14.0. The van der Waals surface area contributed by atoms with Crippen molar-refractivity contribution >= 4 is 22.7 Å². The van der Waals surface area contributed by atoms with Crippen molar-refractivity contribution in [3.63, 3.8) is 0 Å². The highest BCUT2D eigenvalue weighted by molar-refractivity contribution is 6.12. The summed E-state index contributed by atoms with van der Waals surface area (Å²) in [7, 11) is 0. The first kappa shape index (κ1) is 18.9. The Morgan fingerprint density at radius 2 is 1.79 bits per heavy atom. The van der Waals surface area contributed by atoms with Crippen LogP contribution in [-0.4, -0.2) is 16.0 Å². The minimum Gasteiger partial charge on any atom is -0.336 e. The van der Waals surface area contributed by atoms with Gasteiger partial charge in [0.25, 0.3) is 11.6 Å². The molecule has 1 N–H and O–H groups in total. The molecule has 0 saturated carbocycles. The lowest BCUT2D eigenvalue weighted by molar-refractivity contribution is 0.102. The van der Waals surface area contributed by atoms with Gasteiger partial charge in [-0.05, 0) is 42.5 Å². The third-order valence-electron chi connectivity index (χ3n) is 4.98. The van der Waals surface area contributed by atoms with Gasteiger partial charge < -0.3 is 9.84 Å². The van der Waals surface area contributed by atoms with Crippen LogP contribution in [0.25, 0.3) is 11.1 Å². The van der Waals surface area contributed by atoms with Crippen LogP contribution in [0.2, 0.25) is 0 Å². The van der Waals surface area contributed by atoms with Gasteiger partial charge in [-0.1, -0.05) is 67.5 Å². The van der Waals surface area contributed by atoms with E-state index in [0.29, 0.717) is 22.4 Å². The summed E-state index contributed by atoms with van der Waals surface area (Å²) >= 11 is 0. The van der Waals surface area contributed by atoms with Gasteiger partial charge in [-0.15, -0.1) is 0 Å². The van der Waals surface area contributed by atoms with Gasteiger partial charge in [0, 0.05) is 11.4 Å². The van der Waals surface area contributed by atoms with Crippen molar-refractivity contribution in [1.82, 2.24) is 10.1 Å². The molecule has 4 aromatic rings. The third kappa shape index (κ3) is 3.90. The number of fused-ring (bicyclic) bond motifs is 1. The zero-order valence-corrected chi connectivity index (χ0v) is 16.8. The molecule has 1 amide bonds. The molecule has 0 spiro atoms. The van der Waals surface area contributed by atoms with E-state index in [9.17, 15) is 4.79 Å². The number of hydrogen-bond donors (Lipinski definition) is 1. The van der Waals surface area contributed by atoms with Gasteiger partial charge in [-0.25, -0.2) is 4.98 Å². The molecule has 29 heavy (non-hydrogen) atoms. The monoisotopic (exact) mass is 385 g/mol. The fourth-order valence-corrected chi connectivity index (χ4v) is 3.39. The van der Waals surface area contributed by atoms with Crippen LogP contribution in [0.3, 0.4) is 0 Å². The van der Waals surface area contributed by atoms with Gasteiger partial charge in [0.2, 0.25) is 0 Å². The van der Waals surface area contributed by atoms with Crippen LogP contribution in [0, 0.1) is 6.92 Å². The van der Waals surface area contributed by atoms with E-state index in [1.807, 2.05) is 69.3 Å². The van der Waals surface area contributed by atoms with Crippen molar-refractivity contribution < 1.29 is 9.32 Å². The number of anilines is 1. The zero-order valence-electron chi connectivity index (χ0n) is 16.8. The molecule has 0 radical (unpaired) electrons. The Hall–Kier alpha value is -3.47. The molecule has 5 heteroatoms. The van der Waals surface area contributed by atoms with E-state index in [-0.39, 0.29) is 11.8 Å². The summed E-state index contributed by atoms with van der Waals surface area (Å²) in [5.41, 5.74) is 5.44. The van der Waals surface area contributed by atoms with E-state index < -0.39 is 0 Å². The van der Waals surface area contributed by atoms with Gasteiger partial charge >= 0.3 is 0 Å². The van der Waals surface area contributed by atoms with Crippen LogP contribution in [0.5, 0.6) is 0 Å². The summed E-state index contributed by atoms with van der Waals surface area (Å²) in [6.45, 7) is 5.89. The molecule has 2 aromatic heterocycles. The van der Waals surface area contributed by atoms with Crippen molar-refractivity contribution in [3.8, 4) is 0 Å². The largest absolute Gasteiger partial charge is 0.336 e. The maximum atomic E-state index is 13.2. The third-order valence-corrected chi connectivity index (χ3v) is 4.98. The average Bonchev–Trinajstić information content (AvgIpc) is 3.10. The second kappa shape index (κ2) is 7.87. The van der Waals surface area contributed by atoms with Crippen LogP contribution in [0.4, 0.5) is 5.69 Å². The summed E-state index contributed by atoms with van der Waals surface area (Å²) in [6, 6.07) is 19.9. The van der Waals surface area contributed by atoms with Crippen LogP contribution in [0.15, 0.2) is 65.2 Å². The number of benzene rings is 2. The number of para-hydroxylation sites is 1. The molecule has 0 bridgehead atoms. The summed E-state index contributed by atoms with van der Waals surface area (Å²) in [5, 5.41) is 7.75. The number of carbonyl (C=O) groups excluding carboxylic acids is 1. The van der Waals surface area contributed by atoms with Crippen LogP contribution in [-0.2, 0) is 6.42 Å². The number of aromatic nitrogens is 2. The molecular formula is C24H23N3O2. The molecule has 146 valence electrons. The fraction of sp³-hybridized carbons (Fsp3) is 0.208. The molecule has 0 unspecified atom stereocenters. The maximum absolute atomic E-state index is 13.2. The van der Waals surface area contributed by atoms with E-state index in [4.69, 9.17) is 4.52 Å². The topological polar surface area (TPSA) is 68.0 Å². The maximum Gasteiger partial charge on any atom is 0.259 e. The van der Waals surface area contributed by atoms with Crippen molar-refractivity contribution in [2.24, 2.45) is 0 Å². The number of amides is 1. The molecule has 2 aromatic carbocycles. The van der Waals surface area contributed by atoms with Crippen LogP contribution >= 0.6 is 0 Å². The second-order valence-corrected chi connectivity index (χ2v) is 7.47. The minimum absolute atomic E-state index is 0.168. The Labute approximate surface area is 169 Å². The fourth-order valence-electron chi connectivity index (χ4n) is 3.39. The summed E-state index contributed by atoms with van der Waals surface area (Å²) < 4.78 is 5.34. The Morgan fingerprint density at radius 3 is 2.55 bits per heavy atom. The highest BCUT2D eigenvalue weighted by Gasteiger charge is 2.20. The number of nitrogens with zero attached hydrogens (tertiary/aromatic N) is 2. The summed E-state index contributed by atoms with van der Waals surface area (Å²) in [6.07, 6.45) is 0.743. The van der Waals surface area contributed by atoms with Crippen molar-refractivity contribution in [3.05, 3.63) is 88.7 Å². The molecule has 0 fully saturated rings. The summed E-state index contributed by atoms with van der Waals surface area (Å²) in [5.74, 6) is -0.0205. The normalized spacial score (nSPS) is 11.2. The Kier molecular flexibility index (Phi) is 5.12. The zero-order chi connectivity index (χ0) is 20.4. The van der Waals surface area contributed by atoms with Crippen LogP contribution in [0.1, 0.15) is 52.6 Å². The van der Waals surface area contributed by atoms with Crippen molar-refractivity contribution in [2.45, 2.75) is 33.1 Å². The van der Waals surface area contributed by atoms with Crippen molar-refractivity contribution in [1.29, 1.82) is 0 Å². The molecule has 2 heterocycles. The second-order valence-electron chi connectivity index (χ2n) is 7.47. The first-order valence-corrected chi connectivity index (χ1v) is 9.73. The molecule has 5 nitrogen and oxygen atoms in total. The number of rotatable bonds is 5. The van der Waals surface area contributed by atoms with Gasteiger partial charge in [0.15, 0.2) is 0 Å². The lowest BCUT2D eigenvalue weighted by Gasteiger charge is -2.13. The predicted molar refractivity (Wildman–Crippen MR) is 114 cm³/mol. The Morgan fingerprint density at radius 1 is 1.07 bits per heavy atom. The van der Waals surface area contributed by atoms with Crippen LogP contribution < -0.4 is 5.32 Å². The molecular weight excluding hydrogens is 362 g/mol. The van der Waals surface area contributed by atoms with Gasteiger partial charge in [0.05, 0.1) is 16.6 Å². The number of hydrogen-bond acceptors (Lipinski definition) is 4. The van der Waals surface area contributed by atoms with Gasteiger partial charge in [0.1, 0.15) is 0 Å². The van der Waals surface area contributed by atoms with E-state index in [1.165, 1.54) is 5.56 Å². The molecule has 0 atom stereocenters. The first-order valence-electron chi connectivity index (χ1n) is 9.73. The molecule has 0 aliphatic heterocycles. The summed E-state index contributed by atoms with van der Waals surface area (Å²) in [4.78, 5) is 17.8. The minimum atomic E-state index is -0.189. The van der Waals surface area contributed by atoms with E-state index in [2.05, 4.69) is 27.6 Å². The predicted octanol–water partition coefficient (Wildman–Crippen LogP) is 5.50. The highest BCUT2D eigenvalue weighted by atomic mass is 16.5. The SMILES string of the molecule is Cc1noc2nc(C(C)C)cc(C(=O)Nc3ccccc3Cc3ccccc3)c12. The molecule has 0 saturated heterocycles. The average molecular weight is 385 g/mol. The van der Waals surface area contributed by atoms with Gasteiger partial charge in [-0.3, -0.25) is 4.79 Å². The smallest absolute Gasteiger partial charge is 0.259 e. The molecule has 0 aliphatic carbocycles. The number of nitrogens with one attached hydrogen (secondary N) is 1. The Bertz CT molecular complexity index is 1160. The lowest BCUT2D eigenvalue weighted by Crippen LogP contribution is -2.15. The van der Waals surface area contributed by atoms with E-state index in [1.54, 1.807) is 0 Å². The highest BCUT2D eigenvalue weighted by Crippen LogP contribution is 2.27. The van der Waals surface area contributed by atoms with E-state index >= 15 is 0 Å². The quantitative estimate of drug-likeness (QED) is 0.493. The molecule has 0 aliphatic rings. The van der Waals surface area contributed by atoms with Gasteiger partial charge in [-0.2, -0.15) is 0 Å². The standard InChI is InChI=1S/C24H23N3O2/c1-15(2)21-14-19(22-16(3)27-29-24(22)26-21)23(28)25-20-12-8-7-11-18(20)13-17-9-5-4-6-10-17/h4-12,14-15H,13H2,1-3H3,(H,25,28). The number of carbonyl (C=O) groups is 1. The Balaban J connectivity index is 1.70. The van der Waals surface area contributed by atoms with E-state index in [0.717, 1.165) is 23.4 Å². The number of aryl methyl sites for hydroxylation is 1. The van der Waals surface area contributed by atoms with Crippen molar-refractivity contribution in [2.75, 3.05) is 5.32 Å². The number of pyridine rings is 1. The molecule has 4 rings (SSSR count).